The Balaban J connectivity index is 2.12. The topological polar surface area (TPSA) is 51.3 Å². The molecule has 0 aliphatic carbocycles. The fraction of sp³-hybridized carbons (Fsp3) is 0.167. The standard InChI is InChI=1S/C12H13N3S/c1-9-11(16-8-15-9)7-14-12(13)10-5-3-2-4-6-10/h2-6,8H,7H2,1H3,(H2,13,14). The molecule has 0 unspecified atom stereocenters. The van der Waals surface area contributed by atoms with Crippen LogP contribution in [0.1, 0.15) is 16.1 Å². The second-order valence-corrected chi connectivity index (χ2v) is 4.37. The van der Waals surface area contributed by atoms with Gasteiger partial charge in [0.1, 0.15) is 5.84 Å². The van der Waals surface area contributed by atoms with E-state index in [0.717, 1.165) is 11.3 Å². The van der Waals surface area contributed by atoms with E-state index >= 15 is 0 Å². The van der Waals surface area contributed by atoms with E-state index in [9.17, 15) is 0 Å². The molecule has 1 aromatic heterocycles. The van der Waals surface area contributed by atoms with Gasteiger partial charge in [0.05, 0.1) is 17.7 Å². The molecule has 0 atom stereocenters. The molecule has 3 nitrogen and oxygen atoms in total. The first kappa shape index (κ1) is 10.8. The minimum atomic E-state index is 0.577. The first-order valence-corrected chi connectivity index (χ1v) is 5.89. The van der Waals surface area contributed by atoms with Gasteiger partial charge in [0.25, 0.3) is 0 Å². The summed E-state index contributed by atoms with van der Waals surface area (Å²) < 4.78 is 0. The summed E-state index contributed by atoms with van der Waals surface area (Å²) in [6.45, 7) is 2.59. The first-order valence-electron chi connectivity index (χ1n) is 5.01. The predicted molar refractivity (Wildman–Crippen MR) is 67.7 cm³/mol. The Morgan fingerprint density at radius 1 is 1.38 bits per heavy atom. The summed E-state index contributed by atoms with van der Waals surface area (Å²) in [7, 11) is 0. The number of amidine groups is 1. The van der Waals surface area contributed by atoms with Crippen LogP contribution in [0.25, 0.3) is 0 Å². The molecule has 0 aliphatic rings. The van der Waals surface area contributed by atoms with Crippen molar-refractivity contribution in [1.82, 2.24) is 4.98 Å². The summed E-state index contributed by atoms with van der Waals surface area (Å²) in [4.78, 5) is 9.70. The van der Waals surface area contributed by atoms with Crippen LogP contribution in [-0.2, 0) is 6.54 Å². The molecular formula is C12H13N3S. The van der Waals surface area contributed by atoms with E-state index in [-0.39, 0.29) is 0 Å². The van der Waals surface area contributed by atoms with Crippen LogP contribution in [0.4, 0.5) is 0 Å². The lowest BCUT2D eigenvalue weighted by Crippen LogP contribution is -2.13. The van der Waals surface area contributed by atoms with E-state index in [1.807, 2.05) is 42.8 Å². The molecule has 16 heavy (non-hydrogen) atoms. The van der Waals surface area contributed by atoms with Gasteiger partial charge in [-0.05, 0) is 6.92 Å². The third-order valence-electron chi connectivity index (χ3n) is 2.31. The van der Waals surface area contributed by atoms with E-state index in [0.29, 0.717) is 12.4 Å². The summed E-state index contributed by atoms with van der Waals surface area (Å²) >= 11 is 1.61. The molecule has 0 fully saturated rings. The van der Waals surface area contributed by atoms with Crippen molar-refractivity contribution >= 4 is 17.2 Å². The Hall–Kier alpha value is -1.68. The van der Waals surface area contributed by atoms with Crippen molar-refractivity contribution < 1.29 is 0 Å². The summed E-state index contributed by atoms with van der Waals surface area (Å²) in [6, 6.07) is 9.78. The molecule has 0 saturated heterocycles. The highest BCUT2D eigenvalue weighted by atomic mass is 32.1. The normalized spacial score (nSPS) is 11.7. The molecule has 0 saturated carbocycles. The number of hydrogen-bond acceptors (Lipinski definition) is 3. The van der Waals surface area contributed by atoms with Crippen LogP contribution >= 0.6 is 11.3 Å². The first-order chi connectivity index (χ1) is 7.77. The molecule has 0 spiro atoms. The Labute approximate surface area is 98.7 Å². The van der Waals surface area contributed by atoms with Crippen LogP contribution in [-0.4, -0.2) is 10.8 Å². The van der Waals surface area contributed by atoms with Crippen molar-refractivity contribution in [2.45, 2.75) is 13.5 Å². The number of nitrogens with two attached hydrogens (primary N) is 1. The van der Waals surface area contributed by atoms with Gasteiger partial charge in [-0.1, -0.05) is 30.3 Å². The zero-order chi connectivity index (χ0) is 11.4. The zero-order valence-corrected chi connectivity index (χ0v) is 9.87. The second kappa shape index (κ2) is 4.90. The fourth-order valence-corrected chi connectivity index (χ4v) is 2.04. The Bertz CT molecular complexity index is 488. The quantitative estimate of drug-likeness (QED) is 0.651. The molecule has 1 aromatic carbocycles. The van der Waals surface area contributed by atoms with Crippen LogP contribution in [0.15, 0.2) is 40.8 Å². The van der Waals surface area contributed by atoms with E-state index in [1.165, 1.54) is 4.88 Å². The molecule has 4 heteroatoms. The molecule has 0 amide bonds. The highest BCUT2D eigenvalue weighted by Crippen LogP contribution is 2.13. The maximum atomic E-state index is 5.90. The summed E-state index contributed by atoms with van der Waals surface area (Å²) in [5, 5.41) is 0. The minimum absolute atomic E-state index is 0.577. The number of aromatic nitrogens is 1. The highest BCUT2D eigenvalue weighted by Gasteiger charge is 2.01. The van der Waals surface area contributed by atoms with Gasteiger partial charge in [-0.25, -0.2) is 4.98 Å². The van der Waals surface area contributed by atoms with Crippen LogP contribution in [0.2, 0.25) is 0 Å². The zero-order valence-electron chi connectivity index (χ0n) is 9.05. The third kappa shape index (κ3) is 2.46. The Kier molecular flexibility index (Phi) is 3.31. The molecule has 2 aromatic rings. The lowest BCUT2D eigenvalue weighted by Gasteiger charge is -2.00. The average Bonchev–Trinajstić information content (AvgIpc) is 2.73. The maximum absolute atomic E-state index is 5.90. The molecule has 2 rings (SSSR count). The summed E-state index contributed by atoms with van der Waals surface area (Å²) in [6.07, 6.45) is 0. The second-order valence-electron chi connectivity index (χ2n) is 3.43. The van der Waals surface area contributed by atoms with Crippen LogP contribution in [0.3, 0.4) is 0 Å². The molecule has 0 radical (unpaired) electrons. The van der Waals surface area contributed by atoms with Crippen molar-refractivity contribution in [3.8, 4) is 0 Å². The van der Waals surface area contributed by atoms with Crippen molar-refractivity contribution in [3.63, 3.8) is 0 Å². The minimum Gasteiger partial charge on any atom is -0.383 e. The number of benzene rings is 1. The van der Waals surface area contributed by atoms with Gasteiger partial charge < -0.3 is 5.73 Å². The van der Waals surface area contributed by atoms with E-state index in [4.69, 9.17) is 5.73 Å². The predicted octanol–water partition coefficient (Wildman–Crippen LogP) is 2.36. The lowest BCUT2D eigenvalue weighted by atomic mass is 10.2. The van der Waals surface area contributed by atoms with Crippen LogP contribution < -0.4 is 5.73 Å². The maximum Gasteiger partial charge on any atom is 0.125 e. The van der Waals surface area contributed by atoms with Crippen LogP contribution in [0.5, 0.6) is 0 Å². The molecular weight excluding hydrogens is 218 g/mol. The van der Waals surface area contributed by atoms with Gasteiger partial charge in [-0.15, -0.1) is 11.3 Å². The average molecular weight is 231 g/mol. The monoisotopic (exact) mass is 231 g/mol. The van der Waals surface area contributed by atoms with Gasteiger partial charge in [-0.3, -0.25) is 4.99 Å². The SMILES string of the molecule is Cc1ncsc1CN=C(N)c1ccccc1. The molecule has 2 N–H and O–H groups in total. The smallest absolute Gasteiger partial charge is 0.125 e. The van der Waals surface area contributed by atoms with E-state index in [1.54, 1.807) is 11.3 Å². The molecule has 0 bridgehead atoms. The van der Waals surface area contributed by atoms with Crippen molar-refractivity contribution in [2.24, 2.45) is 10.7 Å². The van der Waals surface area contributed by atoms with Gasteiger partial charge >= 0.3 is 0 Å². The largest absolute Gasteiger partial charge is 0.383 e. The van der Waals surface area contributed by atoms with Gasteiger partial charge in [0, 0.05) is 10.4 Å². The number of aryl methyl sites for hydroxylation is 1. The highest BCUT2D eigenvalue weighted by molar-refractivity contribution is 7.09. The van der Waals surface area contributed by atoms with Gasteiger partial charge in [0.15, 0.2) is 0 Å². The number of aliphatic imine (C=N–C) groups is 1. The van der Waals surface area contributed by atoms with E-state index in [2.05, 4.69) is 9.98 Å². The number of hydrogen-bond donors (Lipinski definition) is 1. The summed E-state index contributed by atoms with van der Waals surface area (Å²) in [5.74, 6) is 0.577. The molecule has 82 valence electrons. The third-order valence-corrected chi connectivity index (χ3v) is 3.23. The number of rotatable bonds is 3. The van der Waals surface area contributed by atoms with Crippen molar-refractivity contribution in [1.29, 1.82) is 0 Å². The molecule has 0 aliphatic heterocycles. The fourth-order valence-electron chi connectivity index (χ4n) is 1.34. The number of nitrogens with zero attached hydrogens (tertiary/aromatic N) is 2. The van der Waals surface area contributed by atoms with Gasteiger partial charge in [0.2, 0.25) is 0 Å². The van der Waals surface area contributed by atoms with Crippen molar-refractivity contribution in [3.05, 3.63) is 52.0 Å². The van der Waals surface area contributed by atoms with Crippen LogP contribution in [0, 0.1) is 6.92 Å². The van der Waals surface area contributed by atoms with Crippen molar-refractivity contribution in [2.75, 3.05) is 0 Å². The summed E-state index contributed by atoms with van der Waals surface area (Å²) in [5.41, 5.74) is 9.73. The lowest BCUT2D eigenvalue weighted by molar-refractivity contribution is 1.05. The Morgan fingerprint density at radius 2 is 2.12 bits per heavy atom. The van der Waals surface area contributed by atoms with Gasteiger partial charge in [-0.2, -0.15) is 0 Å². The molecule has 1 heterocycles. The van der Waals surface area contributed by atoms with E-state index < -0.39 is 0 Å². The Morgan fingerprint density at radius 3 is 2.75 bits per heavy atom. The number of thiazole rings is 1.